The monoisotopic (exact) mass is 442 g/mol. The molecule has 0 bridgehead atoms. The Kier molecular flexibility index (Phi) is 4.97. The minimum Gasteiger partial charge on any atom is -0.505 e. The SMILES string of the molecule is CN(C(=O)c1c2c(c(O)c3ncccc13)C(=O)N(Cc1ccc(F)cc1)C2)c1ccccn1. The van der Waals surface area contributed by atoms with Crippen LogP contribution in [0.2, 0.25) is 0 Å². The van der Waals surface area contributed by atoms with Crippen LogP contribution in [0.4, 0.5) is 10.2 Å². The van der Waals surface area contributed by atoms with Crippen LogP contribution in [0.5, 0.6) is 5.75 Å². The number of nitrogens with zero attached hydrogens (tertiary/aromatic N) is 4. The van der Waals surface area contributed by atoms with Gasteiger partial charge in [0, 0.05) is 43.5 Å². The van der Waals surface area contributed by atoms with Crippen molar-refractivity contribution in [1.29, 1.82) is 0 Å². The molecule has 0 atom stereocenters. The van der Waals surface area contributed by atoms with Crippen LogP contribution < -0.4 is 4.90 Å². The van der Waals surface area contributed by atoms with Gasteiger partial charge >= 0.3 is 0 Å². The molecule has 0 saturated heterocycles. The highest BCUT2D eigenvalue weighted by molar-refractivity contribution is 6.19. The molecule has 0 unspecified atom stereocenters. The zero-order valence-electron chi connectivity index (χ0n) is 17.7. The summed E-state index contributed by atoms with van der Waals surface area (Å²) in [5.41, 5.74) is 1.73. The van der Waals surface area contributed by atoms with Gasteiger partial charge in [-0.2, -0.15) is 0 Å². The van der Waals surface area contributed by atoms with Gasteiger partial charge in [-0.25, -0.2) is 9.37 Å². The minimum absolute atomic E-state index is 0.0704. The molecule has 1 N–H and O–H groups in total. The van der Waals surface area contributed by atoms with E-state index in [4.69, 9.17) is 0 Å². The number of fused-ring (bicyclic) bond motifs is 2. The number of rotatable bonds is 4. The zero-order chi connectivity index (χ0) is 23.1. The lowest BCUT2D eigenvalue weighted by Crippen LogP contribution is -2.28. The van der Waals surface area contributed by atoms with Crippen LogP contribution in [0.1, 0.15) is 31.8 Å². The molecule has 0 radical (unpaired) electrons. The molecular formula is C25H19FN4O3. The van der Waals surface area contributed by atoms with Crippen LogP contribution in [-0.4, -0.2) is 38.8 Å². The molecule has 0 aliphatic carbocycles. The van der Waals surface area contributed by atoms with E-state index in [1.54, 1.807) is 55.7 Å². The summed E-state index contributed by atoms with van der Waals surface area (Å²) in [6.07, 6.45) is 3.09. The highest BCUT2D eigenvalue weighted by Crippen LogP contribution is 2.40. The van der Waals surface area contributed by atoms with E-state index < -0.39 is 5.91 Å². The topological polar surface area (TPSA) is 86.6 Å². The first-order chi connectivity index (χ1) is 16.0. The second kappa shape index (κ2) is 7.98. The number of phenolic OH excluding ortho intramolecular Hbond substituents is 1. The third-order valence-electron chi connectivity index (χ3n) is 5.79. The van der Waals surface area contributed by atoms with Crippen LogP contribution >= 0.6 is 0 Å². The average molecular weight is 442 g/mol. The van der Waals surface area contributed by atoms with Crippen molar-refractivity contribution >= 4 is 28.5 Å². The van der Waals surface area contributed by atoms with E-state index in [-0.39, 0.29) is 41.6 Å². The molecule has 2 amide bonds. The van der Waals surface area contributed by atoms with E-state index in [1.807, 2.05) is 0 Å². The Morgan fingerprint density at radius 1 is 1.09 bits per heavy atom. The molecule has 164 valence electrons. The quantitative estimate of drug-likeness (QED) is 0.518. The first kappa shape index (κ1) is 20.6. The number of benzene rings is 2. The minimum atomic E-state index is -0.408. The fourth-order valence-electron chi connectivity index (χ4n) is 4.16. The van der Waals surface area contributed by atoms with Crippen molar-refractivity contribution in [3.05, 3.63) is 95.1 Å². The Hall–Kier alpha value is -4.33. The number of halogens is 1. The maximum absolute atomic E-state index is 13.6. The van der Waals surface area contributed by atoms with Crippen molar-refractivity contribution in [3.8, 4) is 5.75 Å². The first-order valence-corrected chi connectivity index (χ1v) is 10.3. The summed E-state index contributed by atoms with van der Waals surface area (Å²) in [6, 6.07) is 14.5. The summed E-state index contributed by atoms with van der Waals surface area (Å²) in [7, 11) is 1.61. The Labute approximate surface area is 188 Å². The van der Waals surface area contributed by atoms with Gasteiger partial charge in [-0.05, 0) is 35.9 Å². The third kappa shape index (κ3) is 3.45. The van der Waals surface area contributed by atoms with Crippen LogP contribution in [0.15, 0.2) is 67.0 Å². The molecule has 0 saturated carbocycles. The van der Waals surface area contributed by atoms with E-state index in [2.05, 4.69) is 9.97 Å². The molecule has 2 aromatic carbocycles. The Balaban J connectivity index is 1.63. The molecule has 33 heavy (non-hydrogen) atoms. The maximum atomic E-state index is 13.6. The van der Waals surface area contributed by atoms with Crippen molar-refractivity contribution in [2.75, 3.05) is 11.9 Å². The summed E-state index contributed by atoms with van der Waals surface area (Å²) in [5, 5.41) is 11.4. The van der Waals surface area contributed by atoms with Gasteiger partial charge in [-0.1, -0.05) is 24.3 Å². The summed E-state index contributed by atoms with van der Waals surface area (Å²) in [4.78, 5) is 38.3. The number of anilines is 1. The number of phenols is 1. The van der Waals surface area contributed by atoms with Crippen LogP contribution in [0.25, 0.3) is 10.9 Å². The number of carbonyl (C=O) groups is 2. The largest absolute Gasteiger partial charge is 0.505 e. The molecule has 7 nitrogen and oxygen atoms in total. The maximum Gasteiger partial charge on any atom is 0.260 e. The lowest BCUT2D eigenvalue weighted by atomic mass is 9.95. The molecule has 0 spiro atoms. The fraction of sp³-hybridized carbons (Fsp3) is 0.120. The summed E-state index contributed by atoms with van der Waals surface area (Å²) in [5.74, 6) is -0.929. The van der Waals surface area contributed by atoms with E-state index >= 15 is 0 Å². The predicted molar refractivity (Wildman–Crippen MR) is 120 cm³/mol. The second-order valence-corrected chi connectivity index (χ2v) is 7.82. The van der Waals surface area contributed by atoms with Gasteiger partial charge in [0.05, 0.1) is 11.1 Å². The van der Waals surface area contributed by atoms with Crippen molar-refractivity contribution in [3.63, 3.8) is 0 Å². The molecule has 1 aliphatic heterocycles. The van der Waals surface area contributed by atoms with Crippen molar-refractivity contribution in [2.24, 2.45) is 0 Å². The van der Waals surface area contributed by atoms with Gasteiger partial charge in [-0.3, -0.25) is 19.5 Å². The van der Waals surface area contributed by atoms with Gasteiger partial charge in [0.2, 0.25) is 0 Å². The number of amides is 2. The van der Waals surface area contributed by atoms with Gasteiger partial charge in [0.15, 0.2) is 5.75 Å². The van der Waals surface area contributed by atoms with E-state index in [0.29, 0.717) is 22.3 Å². The van der Waals surface area contributed by atoms with Crippen molar-refractivity contribution in [2.45, 2.75) is 13.1 Å². The number of pyridine rings is 2. The Morgan fingerprint density at radius 2 is 1.85 bits per heavy atom. The van der Waals surface area contributed by atoms with E-state index in [0.717, 1.165) is 5.56 Å². The molecule has 8 heteroatoms. The summed E-state index contributed by atoms with van der Waals surface area (Å²) < 4.78 is 13.3. The van der Waals surface area contributed by atoms with Gasteiger partial charge < -0.3 is 10.0 Å². The standard InChI is InChI=1S/C25H19FN4O3/c1-29(19-6-2-3-11-27-19)24(32)20-17-5-4-12-28-22(17)23(31)21-18(20)14-30(25(21)33)13-15-7-9-16(26)10-8-15/h2-12,31H,13-14H2,1H3. The Morgan fingerprint density at radius 3 is 2.58 bits per heavy atom. The third-order valence-corrected chi connectivity index (χ3v) is 5.79. The predicted octanol–water partition coefficient (Wildman–Crippen LogP) is 3.91. The highest BCUT2D eigenvalue weighted by Gasteiger charge is 2.37. The Bertz CT molecular complexity index is 1390. The second-order valence-electron chi connectivity index (χ2n) is 7.82. The molecule has 3 heterocycles. The molecule has 0 fully saturated rings. The van der Waals surface area contributed by atoms with Gasteiger partial charge in [0.1, 0.15) is 17.2 Å². The summed E-state index contributed by atoms with van der Waals surface area (Å²) >= 11 is 0. The first-order valence-electron chi connectivity index (χ1n) is 10.3. The number of hydrogen-bond acceptors (Lipinski definition) is 5. The normalized spacial score (nSPS) is 12.8. The van der Waals surface area contributed by atoms with Gasteiger partial charge in [0.25, 0.3) is 11.8 Å². The van der Waals surface area contributed by atoms with Crippen LogP contribution in [-0.2, 0) is 13.1 Å². The molecule has 1 aliphatic rings. The van der Waals surface area contributed by atoms with Crippen LogP contribution in [0.3, 0.4) is 0 Å². The highest BCUT2D eigenvalue weighted by atomic mass is 19.1. The average Bonchev–Trinajstić information content (AvgIpc) is 3.16. The number of aromatic nitrogens is 2. The lowest BCUT2D eigenvalue weighted by Gasteiger charge is -2.20. The van der Waals surface area contributed by atoms with Crippen LogP contribution in [0, 0.1) is 5.82 Å². The van der Waals surface area contributed by atoms with Crippen molar-refractivity contribution < 1.29 is 19.1 Å². The number of aromatic hydroxyl groups is 1. The number of carbonyl (C=O) groups excluding carboxylic acids is 2. The number of hydrogen-bond donors (Lipinski definition) is 1. The molecule has 2 aromatic heterocycles. The fourth-order valence-corrected chi connectivity index (χ4v) is 4.16. The van der Waals surface area contributed by atoms with Gasteiger partial charge in [-0.15, -0.1) is 0 Å². The zero-order valence-corrected chi connectivity index (χ0v) is 17.7. The molecule has 4 aromatic rings. The lowest BCUT2D eigenvalue weighted by molar-refractivity contribution is 0.0763. The summed E-state index contributed by atoms with van der Waals surface area (Å²) in [6.45, 7) is 0.335. The van der Waals surface area contributed by atoms with E-state index in [9.17, 15) is 19.1 Å². The molecular weight excluding hydrogens is 423 g/mol. The van der Waals surface area contributed by atoms with Crippen molar-refractivity contribution in [1.82, 2.24) is 14.9 Å². The van der Waals surface area contributed by atoms with E-state index in [1.165, 1.54) is 28.1 Å². The smallest absolute Gasteiger partial charge is 0.260 e. The molecule has 5 rings (SSSR count).